The number of aromatic nitrogens is 2. The molecule has 0 aliphatic carbocycles. The minimum Gasteiger partial charge on any atom is -0.507 e. The molecule has 0 spiro atoms. The number of rotatable bonds is 4. The molecule has 0 radical (unpaired) electrons. The Morgan fingerprint density at radius 2 is 2.33 bits per heavy atom. The summed E-state index contributed by atoms with van der Waals surface area (Å²) >= 11 is 5.69. The first-order chi connectivity index (χ1) is 8.66. The fourth-order valence-electron chi connectivity index (χ4n) is 1.51. The number of imidazole rings is 1. The molecule has 0 aliphatic rings. The summed E-state index contributed by atoms with van der Waals surface area (Å²) in [4.78, 5) is 15.7. The van der Waals surface area contributed by atoms with Gasteiger partial charge >= 0.3 is 0 Å². The van der Waals surface area contributed by atoms with Crippen LogP contribution < -0.4 is 5.32 Å². The number of hydrogen-bond donors (Lipinski definition) is 2. The molecule has 94 valence electrons. The minimum absolute atomic E-state index is 0.123. The average Bonchev–Trinajstić information content (AvgIpc) is 2.81. The van der Waals surface area contributed by atoms with Crippen molar-refractivity contribution in [3.8, 4) is 5.75 Å². The predicted molar refractivity (Wildman–Crippen MR) is 67.7 cm³/mol. The Bertz CT molecular complexity index is 540. The first-order valence-electron chi connectivity index (χ1n) is 5.39. The highest BCUT2D eigenvalue weighted by Gasteiger charge is 2.10. The highest BCUT2D eigenvalue weighted by molar-refractivity contribution is 6.30. The molecule has 0 bridgehead atoms. The van der Waals surface area contributed by atoms with E-state index >= 15 is 0 Å². The van der Waals surface area contributed by atoms with Gasteiger partial charge in [-0.15, -0.1) is 0 Å². The monoisotopic (exact) mass is 265 g/mol. The summed E-state index contributed by atoms with van der Waals surface area (Å²) in [7, 11) is 0. The molecular weight excluding hydrogens is 254 g/mol. The van der Waals surface area contributed by atoms with Gasteiger partial charge in [0.1, 0.15) is 5.75 Å². The first kappa shape index (κ1) is 12.4. The van der Waals surface area contributed by atoms with Crippen molar-refractivity contribution in [1.29, 1.82) is 0 Å². The summed E-state index contributed by atoms with van der Waals surface area (Å²) in [6.45, 7) is 1.08. The molecule has 5 nitrogen and oxygen atoms in total. The molecule has 2 rings (SSSR count). The van der Waals surface area contributed by atoms with Gasteiger partial charge in [0.2, 0.25) is 0 Å². The lowest BCUT2D eigenvalue weighted by atomic mass is 10.2. The van der Waals surface area contributed by atoms with E-state index in [4.69, 9.17) is 11.6 Å². The third-order valence-electron chi connectivity index (χ3n) is 2.42. The maximum Gasteiger partial charge on any atom is 0.255 e. The lowest BCUT2D eigenvalue weighted by Gasteiger charge is -2.07. The molecule has 18 heavy (non-hydrogen) atoms. The van der Waals surface area contributed by atoms with Crippen molar-refractivity contribution in [1.82, 2.24) is 14.9 Å². The van der Waals surface area contributed by atoms with Crippen molar-refractivity contribution in [3.05, 3.63) is 47.5 Å². The molecule has 0 saturated heterocycles. The van der Waals surface area contributed by atoms with Crippen LogP contribution in [0.25, 0.3) is 0 Å². The number of nitrogens with zero attached hydrogens (tertiary/aromatic N) is 2. The number of benzene rings is 1. The highest BCUT2D eigenvalue weighted by Crippen LogP contribution is 2.21. The Morgan fingerprint density at radius 3 is 3.00 bits per heavy atom. The number of hydrogen-bond acceptors (Lipinski definition) is 3. The number of nitrogens with one attached hydrogen (secondary N) is 1. The summed E-state index contributed by atoms with van der Waals surface area (Å²) in [6.07, 6.45) is 5.16. The van der Waals surface area contributed by atoms with E-state index < -0.39 is 0 Å². The average molecular weight is 266 g/mol. The Kier molecular flexibility index (Phi) is 3.84. The van der Waals surface area contributed by atoms with Crippen LogP contribution in [0.1, 0.15) is 10.4 Å². The lowest BCUT2D eigenvalue weighted by Crippen LogP contribution is -2.27. The second-order valence-electron chi connectivity index (χ2n) is 3.72. The maximum atomic E-state index is 11.8. The lowest BCUT2D eigenvalue weighted by molar-refractivity contribution is 0.0949. The summed E-state index contributed by atoms with van der Waals surface area (Å²) in [5.74, 6) is -0.452. The molecule has 2 N–H and O–H groups in total. The first-order valence-corrected chi connectivity index (χ1v) is 5.77. The molecule has 2 aromatic rings. The second-order valence-corrected chi connectivity index (χ2v) is 4.15. The van der Waals surface area contributed by atoms with Crippen LogP contribution >= 0.6 is 11.6 Å². The number of phenolic OH excluding ortho intramolecular Hbond substituents is 1. The fourth-order valence-corrected chi connectivity index (χ4v) is 1.68. The van der Waals surface area contributed by atoms with Gasteiger partial charge in [-0.2, -0.15) is 0 Å². The van der Waals surface area contributed by atoms with Gasteiger partial charge in [0.15, 0.2) is 0 Å². The molecule has 0 atom stereocenters. The second kappa shape index (κ2) is 5.55. The molecule has 1 aromatic carbocycles. The number of halogens is 1. The molecular formula is C12H12ClN3O2. The van der Waals surface area contributed by atoms with Crippen LogP contribution in [0.15, 0.2) is 36.9 Å². The van der Waals surface area contributed by atoms with Crippen LogP contribution in [0.4, 0.5) is 0 Å². The SMILES string of the molecule is O=C(NCCn1ccnc1)c1ccc(Cl)cc1O. The zero-order valence-electron chi connectivity index (χ0n) is 9.51. The van der Waals surface area contributed by atoms with E-state index in [9.17, 15) is 9.90 Å². The largest absolute Gasteiger partial charge is 0.507 e. The van der Waals surface area contributed by atoms with Gasteiger partial charge in [-0.25, -0.2) is 4.98 Å². The van der Waals surface area contributed by atoms with Crippen molar-refractivity contribution < 1.29 is 9.90 Å². The Labute approximate surface area is 109 Å². The molecule has 0 unspecified atom stereocenters. The highest BCUT2D eigenvalue weighted by atomic mass is 35.5. The van der Waals surface area contributed by atoms with Crippen molar-refractivity contribution in [2.24, 2.45) is 0 Å². The molecule has 0 fully saturated rings. The van der Waals surface area contributed by atoms with E-state index in [2.05, 4.69) is 10.3 Å². The number of carbonyl (C=O) groups excluding carboxylic acids is 1. The zero-order chi connectivity index (χ0) is 13.0. The molecule has 6 heteroatoms. The molecule has 1 heterocycles. The standard InChI is InChI=1S/C12H12ClN3O2/c13-9-1-2-10(11(17)7-9)12(18)15-4-6-16-5-3-14-8-16/h1-3,5,7-8,17H,4,6H2,(H,15,18). The van der Waals surface area contributed by atoms with Gasteiger partial charge in [-0.05, 0) is 18.2 Å². The Balaban J connectivity index is 1.91. The maximum absolute atomic E-state index is 11.8. The van der Waals surface area contributed by atoms with Crippen molar-refractivity contribution >= 4 is 17.5 Å². The van der Waals surface area contributed by atoms with Gasteiger partial charge in [0.05, 0.1) is 11.9 Å². The Hall–Kier alpha value is -2.01. The summed E-state index contributed by atoms with van der Waals surface area (Å²) in [5, 5.41) is 12.7. The van der Waals surface area contributed by atoms with Gasteiger partial charge < -0.3 is 15.0 Å². The topological polar surface area (TPSA) is 67.2 Å². The Morgan fingerprint density at radius 1 is 1.50 bits per heavy atom. The quantitative estimate of drug-likeness (QED) is 0.884. The summed E-state index contributed by atoms with van der Waals surface area (Å²) < 4.78 is 1.85. The van der Waals surface area contributed by atoms with Crippen LogP contribution in [0.5, 0.6) is 5.75 Å². The third kappa shape index (κ3) is 3.01. The number of phenols is 1. The third-order valence-corrected chi connectivity index (χ3v) is 2.65. The van der Waals surface area contributed by atoms with Gasteiger partial charge in [0.25, 0.3) is 5.91 Å². The molecule has 1 aromatic heterocycles. The van der Waals surface area contributed by atoms with E-state index in [0.717, 1.165) is 0 Å². The van der Waals surface area contributed by atoms with E-state index in [1.165, 1.54) is 12.1 Å². The van der Waals surface area contributed by atoms with Crippen LogP contribution in [0.3, 0.4) is 0 Å². The summed E-state index contributed by atoms with van der Waals surface area (Å²) in [5.41, 5.74) is 0.213. The van der Waals surface area contributed by atoms with Crippen molar-refractivity contribution in [2.75, 3.05) is 6.54 Å². The predicted octanol–water partition coefficient (Wildman–Crippen LogP) is 1.67. The van der Waals surface area contributed by atoms with Gasteiger partial charge in [-0.3, -0.25) is 4.79 Å². The van der Waals surface area contributed by atoms with E-state index in [0.29, 0.717) is 18.1 Å². The number of aromatic hydroxyl groups is 1. The molecule has 1 amide bonds. The van der Waals surface area contributed by atoms with Crippen molar-refractivity contribution in [2.45, 2.75) is 6.54 Å². The van der Waals surface area contributed by atoms with Gasteiger partial charge in [-0.1, -0.05) is 11.6 Å². The zero-order valence-corrected chi connectivity index (χ0v) is 10.3. The molecule has 0 aliphatic heterocycles. The van der Waals surface area contributed by atoms with Crippen LogP contribution in [0.2, 0.25) is 5.02 Å². The van der Waals surface area contributed by atoms with Gasteiger partial charge in [0, 0.05) is 30.5 Å². The van der Waals surface area contributed by atoms with E-state index in [-0.39, 0.29) is 17.2 Å². The van der Waals surface area contributed by atoms with Crippen molar-refractivity contribution in [3.63, 3.8) is 0 Å². The molecule has 0 saturated carbocycles. The van der Waals surface area contributed by atoms with E-state index in [1.807, 2.05) is 10.8 Å². The fraction of sp³-hybridized carbons (Fsp3) is 0.167. The van der Waals surface area contributed by atoms with Crippen LogP contribution in [0, 0.1) is 0 Å². The van der Waals surface area contributed by atoms with E-state index in [1.54, 1.807) is 18.6 Å². The normalized spacial score (nSPS) is 10.3. The minimum atomic E-state index is -0.329. The van der Waals surface area contributed by atoms with Crippen LogP contribution in [-0.2, 0) is 6.54 Å². The smallest absolute Gasteiger partial charge is 0.255 e. The number of amides is 1. The summed E-state index contributed by atoms with van der Waals surface area (Å²) in [6, 6.07) is 4.39. The van der Waals surface area contributed by atoms with Crippen LogP contribution in [-0.4, -0.2) is 27.1 Å². The number of carbonyl (C=O) groups is 1.